The summed E-state index contributed by atoms with van der Waals surface area (Å²) >= 11 is 0. The lowest BCUT2D eigenvalue weighted by Gasteiger charge is -2.17. The zero-order valence-corrected chi connectivity index (χ0v) is 10.6. The second kappa shape index (κ2) is 6.20. The summed E-state index contributed by atoms with van der Waals surface area (Å²) in [5, 5.41) is 0. The van der Waals surface area contributed by atoms with Gasteiger partial charge in [0.05, 0.1) is 5.57 Å². The number of benzene rings is 1. The summed E-state index contributed by atoms with van der Waals surface area (Å²) in [5.74, 6) is -0.221. The van der Waals surface area contributed by atoms with Gasteiger partial charge in [0.2, 0.25) is 0 Å². The topological polar surface area (TPSA) is 26.3 Å². The van der Waals surface area contributed by atoms with E-state index in [9.17, 15) is 4.79 Å². The minimum atomic E-state index is -0.221. The van der Waals surface area contributed by atoms with E-state index in [1.165, 1.54) is 0 Å². The van der Waals surface area contributed by atoms with E-state index in [2.05, 4.69) is 0 Å². The molecule has 18 heavy (non-hydrogen) atoms. The Morgan fingerprint density at radius 1 is 1.28 bits per heavy atom. The summed E-state index contributed by atoms with van der Waals surface area (Å²) in [6, 6.07) is 9.88. The molecule has 2 nitrogen and oxygen atoms in total. The van der Waals surface area contributed by atoms with Crippen LogP contribution in [0.4, 0.5) is 0 Å². The molecule has 1 unspecified atom stereocenters. The number of rotatable bonds is 4. The molecule has 0 bridgehead atoms. The Morgan fingerprint density at radius 3 is 2.67 bits per heavy atom. The zero-order chi connectivity index (χ0) is 12.8. The minimum absolute atomic E-state index is 0.157. The summed E-state index contributed by atoms with van der Waals surface area (Å²) in [6.45, 7) is 2.02. The number of allylic oxidation sites excluding steroid dienone is 2. The van der Waals surface area contributed by atoms with Crippen molar-refractivity contribution in [1.29, 1.82) is 0 Å². The first-order valence-corrected chi connectivity index (χ1v) is 6.44. The number of hydrogen-bond donors (Lipinski definition) is 0. The van der Waals surface area contributed by atoms with Crippen LogP contribution in [0.3, 0.4) is 0 Å². The molecule has 0 radical (unpaired) electrons. The molecule has 0 saturated carbocycles. The van der Waals surface area contributed by atoms with E-state index in [0.717, 1.165) is 24.8 Å². The van der Waals surface area contributed by atoms with Crippen LogP contribution in [0, 0.1) is 0 Å². The molecule has 0 saturated heterocycles. The van der Waals surface area contributed by atoms with E-state index in [0.29, 0.717) is 5.57 Å². The standard InChI is InChI=1S/C16H18O2/c1-2-15(13-9-5-3-6-10-13)18-16(17)14-11-7-4-8-12-14/h3,5-7,9-12,15H,2,4,8H2,1H3. The van der Waals surface area contributed by atoms with Gasteiger partial charge in [0.25, 0.3) is 0 Å². The molecule has 1 atom stereocenters. The number of carbonyl (C=O) groups is 1. The molecule has 0 spiro atoms. The number of ether oxygens (including phenoxy) is 1. The quantitative estimate of drug-likeness (QED) is 0.747. The smallest absolute Gasteiger partial charge is 0.338 e. The van der Waals surface area contributed by atoms with Crippen LogP contribution in [0.25, 0.3) is 0 Å². The maximum atomic E-state index is 12.0. The Morgan fingerprint density at radius 2 is 2.06 bits per heavy atom. The molecular formula is C16H18O2. The lowest BCUT2D eigenvalue weighted by Crippen LogP contribution is -2.12. The first kappa shape index (κ1) is 12.6. The number of esters is 1. The minimum Gasteiger partial charge on any atom is -0.454 e. The molecule has 0 aliphatic heterocycles. The number of hydrogen-bond acceptors (Lipinski definition) is 2. The fraction of sp³-hybridized carbons (Fsp3) is 0.312. The van der Waals surface area contributed by atoms with Crippen LogP contribution < -0.4 is 0 Å². The third-order valence-corrected chi connectivity index (χ3v) is 3.02. The summed E-state index contributed by atoms with van der Waals surface area (Å²) in [7, 11) is 0. The van der Waals surface area contributed by atoms with Crippen molar-refractivity contribution in [1.82, 2.24) is 0 Å². The van der Waals surface area contributed by atoms with E-state index in [1.54, 1.807) is 0 Å². The highest BCUT2D eigenvalue weighted by atomic mass is 16.5. The third kappa shape index (κ3) is 3.10. The van der Waals surface area contributed by atoms with E-state index in [4.69, 9.17) is 4.74 Å². The van der Waals surface area contributed by atoms with Crippen molar-refractivity contribution in [2.45, 2.75) is 32.3 Å². The lowest BCUT2D eigenvalue weighted by molar-refractivity contribution is -0.144. The normalized spacial score (nSPS) is 15.9. The molecule has 0 amide bonds. The fourth-order valence-corrected chi connectivity index (χ4v) is 2.02. The maximum absolute atomic E-state index is 12.0. The van der Waals surface area contributed by atoms with Gasteiger partial charge in [-0.25, -0.2) is 4.79 Å². The summed E-state index contributed by atoms with van der Waals surface area (Å²) < 4.78 is 5.57. The van der Waals surface area contributed by atoms with Crippen LogP contribution in [0.15, 0.2) is 54.1 Å². The van der Waals surface area contributed by atoms with Gasteiger partial charge in [-0.2, -0.15) is 0 Å². The molecule has 0 N–H and O–H groups in total. The molecule has 0 heterocycles. The van der Waals surface area contributed by atoms with Gasteiger partial charge in [-0.1, -0.05) is 55.5 Å². The second-order valence-electron chi connectivity index (χ2n) is 4.35. The van der Waals surface area contributed by atoms with Crippen molar-refractivity contribution in [2.24, 2.45) is 0 Å². The second-order valence-corrected chi connectivity index (χ2v) is 4.35. The van der Waals surface area contributed by atoms with Crippen LogP contribution in [0.1, 0.15) is 37.9 Å². The SMILES string of the molecule is CCC(OC(=O)C1=CCCC=C1)c1ccccc1. The average Bonchev–Trinajstić information content (AvgIpc) is 2.46. The van der Waals surface area contributed by atoms with Crippen molar-refractivity contribution in [3.8, 4) is 0 Å². The monoisotopic (exact) mass is 242 g/mol. The molecule has 2 heteroatoms. The summed E-state index contributed by atoms with van der Waals surface area (Å²) in [4.78, 5) is 12.0. The molecular weight excluding hydrogens is 224 g/mol. The fourth-order valence-electron chi connectivity index (χ4n) is 2.02. The Labute approximate surface area is 108 Å². The third-order valence-electron chi connectivity index (χ3n) is 3.02. The molecule has 1 aliphatic rings. The van der Waals surface area contributed by atoms with Crippen molar-refractivity contribution >= 4 is 5.97 Å². The molecule has 0 aromatic heterocycles. The Balaban J connectivity index is 2.05. The van der Waals surface area contributed by atoms with E-state index in [-0.39, 0.29) is 12.1 Å². The molecule has 94 valence electrons. The predicted octanol–water partition coefficient (Wildman–Crippen LogP) is 3.96. The van der Waals surface area contributed by atoms with Crippen molar-refractivity contribution < 1.29 is 9.53 Å². The van der Waals surface area contributed by atoms with Crippen LogP contribution in [0.5, 0.6) is 0 Å². The average molecular weight is 242 g/mol. The summed E-state index contributed by atoms with van der Waals surface area (Å²) in [6.07, 6.45) is 8.36. The van der Waals surface area contributed by atoms with E-state index in [1.807, 2.05) is 55.5 Å². The zero-order valence-electron chi connectivity index (χ0n) is 10.6. The largest absolute Gasteiger partial charge is 0.454 e. The predicted molar refractivity (Wildman–Crippen MR) is 72.0 cm³/mol. The van der Waals surface area contributed by atoms with Gasteiger partial charge in [-0.3, -0.25) is 0 Å². The van der Waals surface area contributed by atoms with E-state index < -0.39 is 0 Å². The first-order valence-electron chi connectivity index (χ1n) is 6.44. The van der Waals surface area contributed by atoms with Crippen LogP contribution >= 0.6 is 0 Å². The Hall–Kier alpha value is -1.83. The van der Waals surface area contributed by atoms with Crippen LogP contribution in [-0.2, 0) is 9.53 Å². The van der Waals surface area contributed by atoms with Crippen LogP contribution in [-0.4, -0.2) is 5.97 Å². The Bertz CT molecular complexity index is 457. The van der Waals surface area contributed by atoms with E-state index >= 15 is 0 Å². The van der Waals surface area contributed by atoms with Gasteiger partial charge in [-0.05, 0) is 24.8 Å². The van der Waals surface area contributed by atoms with Gasteiger partial charge >= 0.3 is 5.97 Å². The number of carbonyl (C=O) groups excluding carboxylic acids is 1. The molecule has 1 aromatic carbocycles. The lowest BCUT2D eigenvalue weighted by atomic mass is 10.1. The van der Waals surface area contributed by atoms with Gasteiger partial charge in [0, 0.05) is 0 Å². The molecule has 2 rings (SSSR count). The van der Waals surface area contributed by atoms with Crippen molar-refractivity contribution in [3.05, 3.63) is 59.7 Å². The molecule has 1 aliphatic carbocycles. The summed E-state index contributed by atoms with van der Waals surface area (Å²) in [5.41, 5.74) is 1.73. The van der Waals surface area contributed by atoms with Gasteiger partial charge in [0.1, 0.15) is 6.10 Å². The maximum Gasteiger partial charge on any atom is 0.338 e. The van der Waals surface area contributed by atoms with Gasteiger partial charge < -0.3 is 4.74 Å². The first-order chi connectivity index (χ1) is 8.81. The highest BCUT2D eigenvalue weighted by Gasteiger charge is 2.17. The molecule has 1 aromatic rings. The van der Waals surface area contributed by atoms with Gasteiger partial charge in [-0.15, -0.1) is 0 Å². The highest BCUT2D eigenvalue weighted by molar-refractivity contribution is 5.91. The van der Waals surface area contributed by atoms with Crippen molar-refractivity contribution in [2.75, 3.05) is 0 Å². The highest BCUT2D eigenvalue weighted by Crippen LogP contribution is 2.23. The van der Waals surface area contributed by atoms with Crippen LogP contribution in [0.2, 0.25) is 0 Å². The van der Waals surface area contributed by atoms with Gasteiger partial charge in [0.15, 0.2) is 0 Å². The molecule has 0 fully saturated rings. The Kier molecular flexibility index (Phi) is 4.35. The van der Waals surface area contributed by atoms with Crippen molar-refractivity contribution in [3.63, 3.8) is 0 Å².